The van der Waals surface area contributed by atoms with E-state index < -0.39 is 0 Å². The van der Waals surface area contributed by atoms with Crippen molar-refractivity contribution >= 4 is 49.9 Å². The van der Waals surface area contributed by atoms with E-state index in [1.165, 1.54) is 16.3 Å². The van der Waals surface area contributed by atoms with Crippen LogP contribution in [0.4, 0.5) is 5.82 Å². The lowest BCUT2D eigenvalue weighted by molar-refractivity contribution is 0.873. The van der Waals surface area contributed by atoms with Gasteiger partial charge >= 0.3 is 0 Å². The van der Waals surface area contributed by atoms with E-state index in [2.05, 4.69) is 79.0 Å². The van der Waals surface area contributed by atoms with Crippen LogP contribution in [0.3, 0.4) is 0 Å². The summed E-state index contributed by atoms with van der Waals surface area (Å²) in [6.45, 7) is 0.752. The van der Waals surface area contributed by atoms with Crippen LogP contribution in [-0.2, 0) is 6.42 Å². The molecule has 23 heavy (non-hydrogen) atoms. The molecule has 3 aromatic rings. The smallest absolute Gasteiger partial charge is 0.172 e. The van der Waals surface area contributed by atoms with Gasteiger partial charge in [0.25, 0.3) is 0 Å². The molecule has 0 atom stereocenters. The van der Waals surface area contributed by atoms with E-state index in [4.69, 9.17) is 12.2 Å². The van der Waals surface area contributed by atoms with Crippen molar-refractivity contribution in [1.82, 2.24) is 15.3 Å². The van der Waals surface area contributed by atoms with E-state index in [1.54, 1.807) is 12.4 Å². The van der Waals surface area contributed by atoms with E-state index in [9.17, 15) is 0 Å². The molecule has 0 unspecified atom stereocenters. The molecule has 0 amide bonds. The van der Waals surface area contributed by atoms with Crippen LogP contribution < -0.4 is 10.6 Å². The molecule has 0 bridgehead atoms. The Morgan fingerprint density at radius 2 is 1.83 bits per heavy atom. The summed E-state index contributed by atoms with van der Waals surface area (Å²) in [5, 5.41) is 9.26. The molecule has 1 aromatic heterocycles. The summed E-state index contributed by atoms with van der Waals surface area (Å²) in [5.74, 6) is 0.607. The van der Waals surface area contributed by atoms with Crippen molar-refractivity contribution < 1.29 is 0 Å². The summed E-state index contributed by atoms with van der Waals surface area (Å²) in [5.41, 5.74) is 1.28. The fourth-order valence-corrected chi connectivity index (χ4v) is 2.79. The fraction of sp³-hybridized carbons (Fsp3) is 0.118. The number of hydrogen-bond donors (Lipinski definition) is 2. The van der Waals surface area contributed by atoms with Crippen molar-refractivity contribution in [2.75, 3.05) is 11.9 Å². The first-order chi connectivity index (χ1) is 11.2. The SMILES string of the molecule is S=C(NCCc1ccc2ccccc2c1)Nc1nccnc1Br. The Morgan fingerprint density at radius 1 is 1.04 bits per heavy atom. The zero-order chi connectivity index (χ0) is 16.1. The topological polar surface area (TPSA) is 49.8 Å². The van der Waals surface area contributed by atoms with Crippen LogP contribution in [0.1, 0.15) is 5.56 Å². The Bertz CT molecular complexity index is 837. The molecular weight excluding hydrogens is 372 g/mol. The van der Waals surface area contributed by atoms with Gasteiger partial charge in [0.2, 0.25) is 0 Å². The van der Waals surface area contributed by atoms with Crippen LogP contribution >= 0.6 is 28.1 Å². The number of thiocarbonyl (C=S) groups is 1. The molecule has 0 aliphatic rings. The second kappa shape index (κ2) is 7.48. The van der Waals surface area contributed by atoms with Crippen LogP contribution in [0.2, 0.25) is 0 Å². The third-order valence-corrected chi connectivity index (χ3v) is 4.23. The largest absolute Gasteiger partial charge is 0.362 e. The summed E-state index contributed by atoms with van der Waals surface area (Å²) >= 11 is 8.61. The number of rotatable bonds is 4. The standard InChI is InChI=1S/C17H15BrN4S/c18-15-16(20-10-9-19-15)22-17(23)21-8-7-12-5-6-13-3-1-2-4-14(13)11-12/h1-6,9-11H,7-8H2,(H2,20,21,22,23). The van der Waals surface area contributed by atoms with Gasteiger partial charge in [-0.2, -0.15) is 0 Å². The Labute approximate surface area is 148 Å². The molecule has 0 aliphatic carbocycles. The lowest BCUT2D eigenvalue weighted by Crippen LogP contribution is -2.30. The van der Waals surface area contributed by atoms with E-state index in [0.717, 1.165) is 13.0 Å². The highest BCUT2D eigenvalue weighted by Crippen LogP contribution is 2.16. The first-order valence-electron chi connectivity index (χ1n) is 7.21. The summed E-state index contributed by atoms with van der Waals surface area (Å²) in [7, 11) is 0. The van der Waals surface area contributed by atoms with Gasteiger partial charge in [-0.15, -0.1) is 0 Å². The Kier molecular flexibility index (Phi) is 5.15. The summed E-state index contributed by atoms with van der Waals surface area (Å²) in [6, 6.07) is 14.9. The molecule has 2 aromatic carbocycles. The van der Waals surface area contributed by atoms with Gasteiger partial charge in [-0.1, -0.05) is 42.5 Å². The van der Waals surface area contributed by atoms with E-state index in [-0.39, 0.29) is 0 Å². The van der Waals surface area contributed by atoms with Crippen LogP contribution in [0.15, 0.2) is 59.5 Å². The van der Waals surface area contributed by atoms with Crippen LogP contribution in [0, 0.1) is 0 Å². The Morgan fingerprint density at radius 3 is 2.65 bits per heavy atom. The molecule has 0 saturated heterocycles. The van der Waals surface area contributed by atoms with Crippen LogP contribution in [0.5, 0.6) is 0 Å². The third kappa shape index (κ3) is 4.24. The summed E-state index contributed by atoms with van der Waals surface area (Å²) < 4.78 is 0.638. The minimum atomic E-state index is 0.534. The molecule has 0 saturated carbocycles. The molecule has 116 valence electrons. The molecule has 3 rings (SSSR count). The zero-order valence-electron chi connectivity index (χ0n) is 12.3. The van der Waals surface area contributed by atoms with Gasteiger partial charge in [-0.05, 0) is 50.9 Å². The molecule has 0 aliphatic heterocycles. The average Bonchev–Trinajstić information content (AvgIpc) is 2.57. The van der Waals surface area contributed by atoms with Crippen molar-refractivity contribution in [3.05, 3.63) is 65.0 Å². The second-order valence-corrected chi connectivity index (χ2v) is 6.17. The molecule has 0 spiro atoms. The van der Waals surface area contributed by atoms with Crippen LogP contribution in [0.25, 0.3) is 10.8 Å². The lowest BCUT2D eigenvalue weighted by Gasteiger charge is -2.10. The quantitative estimate of drug-likeness (QED) is 0.665. The number of aromatic nitrogens is 2. The Hall–Kier alpha value is -2.05. The van der Waals surface area contributed by atoms with Gasteiger partial charge in [-0.25, -0.2) is 9.97 Å². The van der Waals surface area contributed by atoms with Crippen molar-refractivity contribution in [3.8, 4) is 0 Å². The Balaban J connectivity index is 1.54. The summed E-state index contributed by atoms with van der Waals surface area (Å²) in [4.78, 5) is 8.26. The molecule has 2 N–H and O–H groups in total. The minimum absolute atomic E-state index is 0.534. The maximum atomic E-state index is 5.28. The van der Waals surface area contributed by atoms with Crippen molar-refractivity contribution in [1.29, 1.82) is 0 Å². The predicted octanol–water partition coefficient (Wildman–Crippen LogP) is 3.92. The molecule has 0 radical (unpaired) electrons. The number of halogens is 1. The summed E-state index contributed by atoms with van der Waals surface area (Å²) in [6.07, 6.45) is 4.13. The van der Waals surface area contributed by atoms with Gasteiger partial charge in [0, 0.05) is 18.9 Å². The van der Waals surface area contributed by atoms with Gasteiger partial charge in [-0.3, -0.25) is 0 Å². The average molecular weight is 387 g/mol. The molecule has 6 heteroatoms. The highest BCUT2D eigenvalue weighted by Gasteiger charge is 2.04. The van der Waals surface area contributed by atoms with E-state index >= 15 is 0 Å². The number of hydrogen-bond acceptors (Lipinski definition) is 3. The van der Waals surface area contributed by atoms with Gasteiger partial charge in [0.1, 0.15) is 4.60 Å². The van der Waals surface area contributed by atoms with Gasteiger partial charge < -0.3 is 10.6 Å². The number of nitrogens with one attached hydrogen (secondary N) is 2. The number of benzene rings is 2. The number of fused-ring (bicyclic) bond motifs is 1. The number of anilines is 1. The predicted molar refractivity (Wildman–Crippen MR) is 102 cm³/mol. The highest BCUT2D eigenvalue weighted by molar-refractivity contribution is 9.10. The second-order valence-electron chi connectivity index (χ2n) is 5.01. The van der Waals surface area contributed by atoms with Crippen molar-refractivity contribution in [3.63, 3.8) is 0 Å². The molecular formula is C17H15BrN4S. The zero-order valence-corrected chi connectivity index (χ0v) is 14.7. The van der Waals surface area contributed by atoms with Crippen LogP contribution in [-0.4, -0.2) is 21.6 Å². The first kappa shape index (κ1) is 15.8. The molecule has 4 nitrogen and oxygen atoms in total. The van der Waals surface area contributed by atoms with Gasteiger partial charge in [0.05, 0.1) is 0 Å². The monoisotopic (exact) mass is 386 g/mol. The lowest BCUT2D eigenvalue weighted by atomic mass is 10.1. The number of nitrogens with zero attached hydrogens (tertiary/aromatic N) is 2. The maximum absolute atomic E-state index is 5.28. The minimum Gasteiger partial charge on any atom is -0.362 e. The molecule has 0 fully saturated rings. The normalized spacial score (nSPS) is 10.5. The maximum Gasteiger partial charge on any atom is 0.172 e. The van der Waals surface area contributed by atoms with E-state index in [0.29, 0.717) is 15.5 Å². The first-order valence-corrected chi connectivity index (χ1v) is 8.41. The highest BCUT2D eigenvalue weighted by atomic mass is 79.9. The van der Waals surface area contributed by atoms with Gasteiger partial charge in [0.15, 0.2) is 10.9 Å². The molecule has 1 heterocycles. The van der Waals surface area contributed by atoms with E-state index in [1.807, 2.05) is 0 Å². The fourth-order valence-electron chi connectivity index (χ4n) is 2.27. The van der Waals surface area contributed by atoms with Crippen molar-refractivity contribution in [2.24, 2.45) is 0 Å². The van der Waals surface area contributed by atoms with Crippen molar-refractivity contribution in [2.45, 2.75) is 6.42 Å². The third-order valence-electron chi connectivity index (χ3n) is 3.40.